The first kappa shape index (κ1) is 26.2. The third-order valence-corrected chi connectivity index (χ3v) is 10.2. The van der Waals surface area contributed by atoms with Crippen molar-refractivity contribution >= 4 is 44.9 Å². The summed E-state index contributed by atoms with van der Waals surface area (Å²) in [4.78, 5) is 40.0. The number of anilines is 2. The maximum absolute atomic E-state index is 13.5. The highest BCUT2D eigenvalue weighted by molar-refractivity contribution is 7.18. The lowest BCUT2D eigenvalue weighted by Crippen LogP contribution is -2.46. The number of piperidine rings is 1. The lowest BCUT2D eigenvalue weighted by Gasteiger charge is -2.38. The van der Waals surface area contributed by atoms with Crippen molar-refractivity contribution in [1.29, 1.82) is 0 Å². The fourth-order valence-electron chi connectivity index (χ4n) is 6.99. The van der Waals surface area contributed by atoms with Gasteiger partial charge in [0.05, 0.1) is 33.2 Å². The molecule has 0 unspecified atom stereocenters. The highest BCUT2D eigenvalue weighted by Crippen LogP contribution is 2.47. The van der Waals surface area contributed by atoms with E-state index in [0.717, 1.165) is 41.3 Å². The van der Waals surface area contributed by atoms with Crippen LogP contribution in [0.4, 0.5) is 11.5 Å². The standard InChI is InChI=1S/C30H38N6O2S/c1-4-18-11-23(13-32-27(18)31)33-28(37)30(38)36-14-17(2)5-7-25(36)19-6-8-26-24(12-19)34-29(39-26)20-9-21-15-35(3)16-22(21)10-20/h6,8,11-13,17,20-22,25H,4-5,7,9-10,14-16H2,1-3H3,(H2,31,32)(H,33,37)/t17-,20-,21+,22-,25+/m0/s1. The van der Waals surface area contributed by atoms with E-state index < -0.39 is 11.8 Å². The molecule has 4 heterocycles. The van der Waals surface area contributed by atoms with Gasteiger partial charge in [0.15, 0.2) is 0 Å². The summed E-state index contributed by atoms with van der Waals surface area (Å²) in [5, 5.41) is 4.01. The number of thiazole rings is 1. The lowest BCUT2D eigenvalue weighted by molar-refractivity contribution is -0.146. The summed E-state index contributed by atoms with van der Waals surface area (Å²) in [6.45, 7) is 7.08. The molecule has 3 aromatic rings. The zero-order chi connectivity index (χ0) is 27.3. The van der Waals surface area contributed by atoms with Gasteiger partial charge in [-0.15, -0.1) is 11.3 Å². The number of carbonyl (C=O) groups excluding carboxylic acids is 2. The number of fused-ring (bicyclic) bond motifs is 2. The largest absolute Gasteiger partial charge is 0.383 e. The van der Waals surface area contributed by atoms with Gasteiger partial charge in [0, 0.05) is 25.6 Å². The molecule has 1 saturated carbocycles. The van der Waals surface area contributed by atoms with Crippen LogP contribution in [0.25, 0.3) is 10.2 Å². The van der Waals surface area contributed by atoms with Gasteiger partial charge in [-0.3, -0.25) is 9.59 Å². The van der Waals surface area contributed by atoms with Gasteiger partial charge >= 0.3 is 11.8 Å². The van der Waals surface area contributed by atoms with Gasteiger partial charge in [-0.05, 0) is 86.2 Å². The van der Waals surface area contributed by atoms with E-state index >= 15 is 0 Å². The van der Waals surface area contributed by atoms with Crippen LogP contribution < -0.4 is 11.1 Å². The quantitative estimate of drug-likeness (QED) is 0.454. The SMILES string of the molecule is CCc1cc(NC(=O)C(=O)N2C[C@@H](C)CC[C@@H]2c2ccc3sc([C@H]4C[C@@H]5CN(C)C[C@@H]5C4)nc3c2)cnc1N. The number of aromatic nitrogens is 2. The lowest BCUT2D eigenvalue weighted by atomic mass is 9.89. The first-order chi connectivity index (χ1) is 18.8. The van der Waals surface area contributed by atoms with Crippen LogP contribution in [0.2, 0.25) is 0 Å². The second-order valence-corrected chi connectivity index (χ2v) is 13.0. The summed E-state index contributed by atoms with van der Waals surface area (Å²) in [5.41, 5.74) is 9.30. The van der Waals surface area contributed by atoms with Crippen molar-refractivity contribution in [3.8, 4) is 0 Å². The number of hydrogen-bond acceptors (Lipinski definition) is 7. The smallest absolute Gasteiger partial charge is 0.313 e. The number of amides is 2. The molecule has 2 amide bonds. The average Bonchev–Trinajstić information content (AvgIpc) is 3.61. The number of nitrogens with two attached hydrogens (primary N) is 1. The van der Waals surface area contributed by atoms with E-state index in [0.29, 0.717) is 36.3 Å². The zero-order valence-corrected chi connectivity index (χ0v) is 23.8. The van der Waals surface area contributed by atoms with Crippen molar-refractivity contribution in [2.75, 3.05) is 37.7 Å². The van der Waals surface area contributed by atoms with Crippen molar-refractivity contribution in [2.24, 2.45) is 17.8 Å². The Morgan fingerprint density at radius 3 is 2.64 bits per heavy atom. The molecule has 1 aromatic carbocycles. The van der Waals surface area contributed by atoms with Crippen LogP contribution in [0.1, 0.15) is 67.6 Å². The Kier molecular flexibility index (Phi) is 7.05. The Balaban J connectivity index is 1.20. The number of nitrogens with zero attached hydrogens (tertiary/aromatic N) is 4. The second-order valence-electron chi connectivity index (χ2n) is 11.9. The minimum absolute atomic E-state index is 0.147. The van der Waals surface area contributed by atoms with Crippen molar-refractivity contribution in [2.45, 2.75) is 57.9 Å². The second kappa shape index (κ2) is 10.5. The average molecular weight is 547 g/mol. The Morgan fingerprint density at radius 1 is 1.13 bits per heavy atom. The summed E-state index contributed by atoms with van der Waals surface area (Å²) in [6, 6.07) is 8.07. The van der Waals surface area contributed by atoms with Crippen LogP contribution in [0.15, 0.2) is 30.5 Å². The molecule has 3 fully saturated rings. The third-order valence-electron chi connectivity index (χ3n) is 9.01. The number of aryl methyl sites for hydroxylation is 1. The van der Waals surface area contributed by atoms with Crippen LogP contribution in [-0.2, 0) is 16.0 Å². The first-order valence-electron chi connectivity index (χ1n) is 14.2. The molecule has 1 aliphatic carbocycles. The highest BCUT2D eigenvalue weighted by atomic mass is 32.1. The highest BCUT2D eigenvalue weighted by Gasteiger charge is 2.41. The molecule has 0 bridgehead atoms. The van der Waals surface area contributed by atoms with Gasteiger partial charge in [-0.1, -0.05) is 19.9 Å². The number of nitrogens with one attached hydrogen (secondary N) is 1. The van der Waals surface area contributed by atoms with Crippen molar-refractivity contribution in [3.63, 3.8) is 0 Å². The van der Waals surface area contributed by atoms with Gasteiger partial charge in [-0.2, -0.15) is 0 Å². The van der Waals surface area contributed by atoms with E-state index in [9.17, 15) is 9.59 Å². The Labute approximate surface area is 234 Å². The third kappa shape index (κ3) is 5.14. The normalized spacial score (nSPS) is 27.2. The number of rotatable bonds is 4. The molecule has 9 heteroatoms. The minimum Gasteiger partial charge on any atom is -0.383 e. The predicted octanol–water partition coefficient (Wildman–Crippen LogP) is 4.83. The Morgan fingerprint density at radius 2 is 1.90 bits per heavy atom. The first-order valence-corrected chi connectivity index (χ1v) is 15.1. The molecule has 5 atom stereocenters. The summed E-state index contributed by atoms with van der Waals surface area (Å²) < 4.78 is 1.20. The molecule has 3 aliphatic rings. The Hall–Kier alpha value is -3.04. The fourth-order valence-corrected chi connectivity index (χ4v) is 8.06. The van der Waals surface area contributed by atoms with E-state index in [1.807, 2.05) is 18.3 Å². The van der Waals surface area contributed by atoms with Crippen molar-refractivity contribution in [1.82, 2.24) is 19.8 Å². The maximum atomic E-state index is 13.5. The number of pyridine rings is 1. The van der Waals surface area contributed by atoms with E-state index in [2.05, 4.69) is 47.4 Å². The molecular formula is C30H38N6O2S. The van der Waals surface area contributed by atoms with Gasteiger partial charge in [0.25, 0.3) is 0 Å². The molecule has 0 radical (unpaired) electrons. The van der Waals surface area contributed by atoms with Gasteiger partial charge < -0.3 is 20.9 Å². The van der Waals surface area contributed by atoms with E-state index in [1.54, 1.807) is 11.0 Å². The number of carbonyl (C=O) groups is 2. The summed E-state index contributed by atoms with van der Waals surface area (Å²) in [7, 11) is 2.23. The Bertz CT molecular complexity index is 1390. The molecule has 2 aromatic heterocycles. The van der Waals surface area contributed by atoms with Crippen LogP contribution in [0, 0.1) is 17.8 Å². The molecule has 8 nitrogen and oxygen atoms in total. The monoisotopic (exact) mass is 546 g/mol. The summed E-state index contributed by atoms with van der Waals surface area (Å²) in [6.07, 6.45) is 6.51. The van der Waals surface area contributed by atoms with E-state index in [-0.39, 0.29) is 6.04 Å². The van der Waals surface area contributed by atoms with E-state index in [1.165, 1.54) is 41.8 Å². The summed E-state index contributed by atoms with van der Waals surface area (Å²) in [5.74, 6) is 1.78. The summed E-state index contributed by atoms with van der Waals surface area (Å²) >= 11 is 1.82. The number of benzene rings is 1. The van der Waals surface area contributed by atoms with Crippen LogP contribution >= 0.6 is 11.3 Å². The maximum Gasteiger partial charge on any atom is 0.313 e. The molecule has 39 heavy (non-hydrogen) atoms. The number of nitrogen functional groups attached to an aromatic ring is 1. The number of hydrogen-bond donors (Lipinski definition) is 2. The molecular weight excluding hydrogens is 508 g/mol. The predicted molar refractivity (Wildman–Crippen MR) is 156 cm³/mol. The minimum atomic E-state index is -0.642. The zero-order valence-electron chi connectivity index (χ0n) is 23.0. The molecule has 2 aliphatic heterocycles. The van der Waals surface area contributed by atoms with Crippen LogP contribution in [0.3, 0.4) is 0 Å². The molecule has 6 rings (SSSR count). The van der Waals surface area contributed by atoms with Crippen LogP contribution in [-0.4, -0.2) is 58.3 Å². The fraction of sp³-hybridized carbons (Fsp3) is 0.533. The van der Waals surface area contributed by atoms with Gasteiger partial charge in [-0.25, -0.2) is 9.97 Å². The van der Waals surface area contributed by atoms with Gasteiger partial charge in [0.1, 0.15) is 5.82 Å². The molecule has 3 N–H and O–H groups in total. The van der Waals surface area contributed by atoms with Crippen molar-refractivity contribution in [3.05, 3.63) is 46.6 Å². The van der Waals surface area contributed by atoms with Crippen molar-refractivity contribution < 1.29 is 9.59 Å². The van der Waals surface area contributed by atoms with Gasteiger partial charge in [0.2, 0.25) is 0 Å². The topological polar surface area (TPSA) is 104 Å². The van der Waals surface area contributed by atoms with Crippen LogP contribution in [0.5, 0.6) is 0 Å². The molecule has 2 saturated heterocycles. The van der Waals surface area contributed by atoms with E-state index in [4.69, 9.17) is 10.7 Å². The molecule has 0 spiro atoms. The number of likely N-dealkylation sites (tertiary alicyclic amines) is 2. The molecule has 206 valence electrons.